The van der Waals surface area contributed by atoms with Crippen LogP contribution in [0.3, 0.4) is 0 Å². The summed E-state index contributed by atoms with van der Waals surface area (Å²) >= 11 is 7.55. The minimum atomic E-state index is -0.533. The Bertz CT molecular complexity index is 483. The molecule has 0 spiro atoms. The lowest BCUT2D eigenvalue weighted by atomic mass is 9.98. The number of aromatic nitrogens is 1. The number of esters is 1. The molecule has 1 saturated carbocycles. The summed E-state index contributed by atoms with van der Waals surface area (Å²) < 4.78 is 5.25. The molecule has 2 unspecified atom stereocenters. The summed E-state index contributed by atoms with van der Waals surface area (Å²) in [5, 5.41) is 5.28. The number of carbonyl (C=O) groups excluding carboxylic acids is 1. The minimum absolute atomic E-state index is 0.126. The summed E-state index contributed by atoms with van der Waals surface area (Å²) in [7, 11) is 0. The lowest BCUT2D eigenvalue weighted by Crippen LogP contribution is -2.51. The zero-order chi connectivity index (χ0) is 15.3. The predicted molar refractivity (Wildman–Crippen MR) is 85.8 cm³/mol. The number of pyridine rings is 1. The molecule has 21 heavy (non-hydrogen) atoms. The maximum absolute atomic E-state index is 12.3. The Hall–Kier alpha value is -0.780. The quantitative estimate of drug-likeness (QED) is 0.812. The van der Waals surface area contributed by atoms with Crippen LogP contribution in [0.25, 0.3) is 0 Å². The Balaban J connectivity index is 2.02. The molecule has 6 heteroatoms. The van der Waals surface area contributed by atoms with E-state index in [2.05, 4.69) is 10.3 Å². The summed E-state index contributed by atoms with van der Waals surface area (Å²) in [6.07, 6.45) is 4.21. The number of nitrogens with one attached hydrogen (secondary N) is 1. The molecule has 1 aliphatic rings. The van der Waals surface area contributed by atoms with Crippen molar-refractivity contribution in [2.24, 2.45) is 0 Å². The third-order valence-electron chi connectivity index (χ3n) is 3.64. The molecule has 0 amide bonds. The second kappa shape index (κ2) is 7.47. The van der Waals surface area contributed by atoms with Crippen LogP contribution in [0.15, 0.2) is 23.4 Å². The summed E-state index contributed by atoms with van der Waals surface area (Å²) in [5.74, 6) is -0.126. The molecule has 1 aromatic rings. The lowest BCUT2D eigenvalue weighted by molar-refractivity contribution is -0.151. The standard InChI is InChI=1S/C15H21ClN2O2S/c1-3-18-15(14(19)20-4-2)8-7-12(9-15)21-13-6-5-11(16)10-17-13/h5-6,10,12,18H,3-4,7-9H2,1-2H3. The molecule has 1 fully saturated rings. The van der Waals surface area contributed by atoms with Crippen LogP contribution in [0, 0.1) is 0 Å². The Labute approximate surface area is 135 Å². The third kappa shape index (κ3) is 4.11. The normalized spacial score (nSPS) is 25.0. The van der Waals surface area contributed by atoms with Crippen molar-refractivity contribution >= 4 is 29.3 Å². The van der Waals surface area contributed by atoms with Crippen LogP contribution in [-0.2, 0) is 9.53 Å². The van der Waals surface area contributed by atoms with Crippen molar-refractivity contribution in [2.45, 2.75) is 48.9 Å². The second-order valence-electron chi connectivity index (χ2n) is 5.13. The fraction of sp³-hybridized carbons (Fsp3) is 0.600. The first-order valence-corrected chi connectivity index (χ1v) is 8.56. The van der Waals surface area contributed by atoms with Crippen LogP contribution >= 0.6 is 23.4 Å². The van der Waals surface area contributed by atoms with E-state index in [0.717, 1.165) is 30.8 Å². The van der Waals surface area contributed by atoms with Gasteiger partial charge in [0, 0.05) is 11.4 Å². The molecule has 1 aliphatic carbocycles. The average Bonchev–Trinajstić information content (AvgIpc) is 2.86. The van der Waals surface area contributed by atoms with Crippen LogP contribution in [0.1, 0.15) is 33.1 Å². The first kappa shape index (κ1) is 16.6. The van der Waals surface area contributed by atoms with Crippen molar-refractivity contribution in [1.29, 1.82) is 0 Å². The summed E-state index contributed by atoms with van der Waals surface area (Å²) in [5.41, 5.74) is -0.533. The van der Waals surface area contributed by atoms with E-state index in [1.807, 2.05) is 26.0 Å². The predicted octanol–water partition coefficient (Wildman–Crippen LogP) is 3.29. The maximum atomic E-state index is 12.3. The molecule has 0 aliphatic heterocycles. The number of nitrogens with zero attached hydrogens (tertiary/aromatic N) is 1. The molecule has 4 nitrogen and oxygen atoms in total. The van der Waals surface area contributed by atoms with Crippen molar-refractivity contribution in [3.63, 3.8) is 0 Å². The van der Waals surface area contributed by atoms with E-state index in [-0.39, 0.29) is 5.97 Å². The molecule has 0 radical (unpaired) electrons. The van der Waals surface area contributed by atoms with E-state index in [9.17, 15) is 4.79 Å². The van der Waals surface area contributed by atoms with Gasteiger partial charge in [-0.2, -0.15) is 0 Å². The van der Waals surface area contributed by atoms with Gasteiger partial charge in [0.25, 0.3) is 0 Å². The number of carbonyl (C=O) groups is 1. The van der Waals surface area contributed by atoms with Gasteiger partial charge in [0.1, 0.15) is 5.54 Å². The molecule has 0 aromatic carbocycles. The molecule has 1 N–H and O–H groups in total. The second-order valence-corrected chi connectivity index (χ2v) is 6.89. The lowest BCUT2D eigenvalue weighted by Gasteiger charge is -2.27. The highest BCUT2D eigenvalue weighted by Crippen LogP contribution is 2.40. The molecule has 0 bridgehead atoms. The van der Waals surface area contributed by atoms with Gasteiger partial charge < -0.3 is 10.1 Å². The minimum Gasteiger partial charge on any atom is -0.465 e. The van der Waals surface area contributed by atoms with Gasteiger partial charge >= 0.3 is 5.97 Å². The highest BCUT2D eigenvalue weighted by molar-refractivity contribution is 7.99. The van der Waals surface area contributed by atoms with E-state index in [1.165, 1.54) is 0 Å². The number of hydrogen-bond acceptors (Lipinski definition) is 5. The Morgan fingerprint density at radius 1 is 1.57 bits per heavy atom. The van der Waals surface area contributed by atoms with Crippen LogP contribution in [0.5, 0.6) is 0 Å². The first-order valence-electron chi connectivity index (χ1n) is 7.30. The average molecular weight is 329 g/mol. The molecular formula is C15H21ClN2O2S. The highest BCUT2D eigenvalue weighted by Gasteiger charge is 2.46. The number of rotatable bonds is 6. The van der Waals surface area contributed by atoms with Crippen LogP contribution in [0.2, 0.25) is 5.02 Å². The van der Waals surface area contributed by atoms with Crippen LogP contribution in [0.4, 0.5) is 0 Å². The first-order chi connectivity index (χ1) is 10.1. The molecule has 2 atom stereocenters. The monoisotopic (exact) mass is 328 g/mol. The van der Waals surface area contributed by atoms with E-state index in [0.29, 0.717) is 16.9 Å². The van der Waals surface area contributed by atoms with E-state index < -0.39 is 5.54 Å². The summed E-state index contributed by atoms with van der Waals surface area (Å²) in [6, 6.07) is 3.76. The highest BCUT2D eigenvalue weighted by atomic mass is 35.5. The van der Waals surface area contributed by atoms with E-state index in [1.54, 1.807) is 18.0 Å². The zero-order valence-corrected chi connectivity index (χ0v) is 14.0. The van der Waals surface area contributed by atoms with Crippen LogP contribution < -0.4 is 5.32 Å². The summed E-state index contributed by atoms with van der Waals surface area (Å²) in [6.45, 7) is 5.04. The van der Waals surface area contributed by atoms with Crippen molar-refractivity contribution in [2.75, 3.05) is 13.2 Å². The molecule has 1 aromatic heterocycles. The van der Waals surface area contributed by atoms with Crippen LogP contribution in [-0.4, -0.2) is 34.9 Å². The number of halogens is 1. The van der Waals surface area contributed by atoms with Gasteiger partial charge in [-0.25, -0.2) is 4.98 Å². The van der Waals surface area contributed by atoms with Gasteiger partial charge in [0.05, 0.1) is 16.7 Å². The van der Waals surface area contributed by atoms with Crippen molar-refractivity contribution < 1.29 is 9.53 Å². The Kier molecular flexibility index (Phi) is 5.90. The summed E-state index contributed by atoms with van der Waals surface area (Å²) in [4.78, 5) is 16.6. The number of hydrogen-bond donors (Lipinski definition) is 1. The zero-order valence-electron chi connectivity index (χ0n) is 12.4. The number of ether oxygens (including phenoxy) is 1. The molecule has 116 valence electrons. The fourth-order valence-corrected chi connectivity index (χ4v) is 4.05. The maximum Gasteiger partial charge on any atom is 0.326 e. The molecular weight excluding hydrogens is 308 g/mol. The number of thioether (sulfide) groups is 1. The molecule has 1 heterocycles. The van der Waals surface area contributed by atoms with Gasteiger partial charge in [0.15, 0.2) is 0 Å². The fourth-order valence-electron chi connectivity index (χ4n) is 2.73. The van der Waals surface area contributed by atoms with Gasteiger partial charge in [-0.3, -0.25) is 4.79 Å². The van der Waals surface area contributed by atoms with Gasteiger partial charge in [0.2, 0.25) is 0 Å². The van der Waals surface area contributed by atoms with Gasteiger partial charge in [-0.05, 0) is 44.9 Å². The van der Waals surface area contributed by atoms with Crippen molar-refractivity contribution in [1.82, 2.24) is 10.3 Å². The Morgan fingerprint density at radius 3 is 3.00 bits per heavy atom. The Morgan fingerprint density at radius 2 is 2.38 bits per heavy atom. The van der Waals surface area contributed by atoms with E-state index in [4.69, 9.17) is 16.3 Å². The van der Waals surface area contributed by atoms with E-state index >= 15 is 0 Å². The largest absolute Gasteiger partial charge is 0.465 e. The van der Waals surface area contributed by atoms with Gasteiger partial charge in [-0.1, -0.05) is 18.5 Å². The smallest absolute Gasteiger partial charge is 0.326 e. The van der Waals surface area contributed by atoms with Gasteiger partial charge in [-0.15, -0.1) is 11.8 Å². The van der Waals surface area contributed by atoms with Crippen molar-refractivity contribution in [3.8, 4) is 0 Å². The number of likely N-dealkylation sites (N-methyl/N-ethyl adjacent to an activating group) is 1. The SMILES string of the molecule is CCNC1(C(=O)OCC)CCC(Sc2ccc(Cl)cn2)C1. The molecule has 2 rings (SSSR count). The third-order valence-corrected chi connectivity index (χ3v) is 5.08. The molecule has 0 saturated heterocycles. The van der Waals surface area contributed by atoms with Crippen molar-refractivity contribution in [3.05, 3.63) is 23.4 Å². The topological polar surface area (TPSA) is 51.2 Å².